The highest BCUT2D eigenvalue weighted by Gasteiger charge is 2.82. The molecule has 3 saturated carbocycles. The van der Waals surface area contributed by atoms with Gasteiger partial charge in [0.25, 0.3) is 0 Å². The summed E-state index contributed by atoms with van der Waals surface area (Å²) in [6.07, 6.45) is 2.03. The van der Waals surface area contributed by atoms with Crippen LogP contribution < -0.4 is 0 Å². The first-order chi connectivity index (χ1) is 8.64. The summed E-state index contributed by atoms with van der Waals surface area (Å²) >= 11 is 0. The Labute approximate surface area is 113 Å². The number of carbonyl (C=O) groups is 1. The topological polar surface area (TPSA) is 57.5 Å². The van der Waals surface area contributed by atoms with Gasteiger partial charge in [-0.1, -0.05) is 19.4 Å². The van der Waals surface area contributed by atoms with E-state index in [1.807, 2.05) is 6.92 Å². The Bertz CT molecular complexity index is 550. The average molecular weight is 262 g/mol. The molecule has 4 aliphatic carbocycles. The third-order valence-electron chi connectivity index (χ3n) is 6.97. The Balaban J connectivity index is 2.01. The maximum Gasteiger partial charge on any atom is 0.175 e. The van der Waals surface area contributed by atoms with Gasteiger partial charge in [-0.05, 0) is 50.0 Å². The zero-order chi connectivity index (χ0) is 14.0. The van der Waals surface area contributed by atoms with Gasteiger partial charge in [-0.2, -0.15) is 0 Å². The Morgan fingerprint density at radius 2 is 1.79 bits per heavy atom. The number of aliphatic hydroxyl groups is 2. The predicted octanol–water partition coefficient (Wildman–Crippen LogP) is 1.82. The molecular weight excluding hydrogens is 240 g/mol. The van der Waals surface area contributed by atoms with Gasteiger partial charge in [-0.15, -0.1) is 0 Å². The molecule has 3 fully saturated rings. The third-order valence-corrected chi connectivity index (χ3v) is 6.97. The first kappa shape index (κ1) is 12.1. The number of hydrogen-bond donors (Lipinski definition) is 2. The van der Waals surface area contributed by atoms with Crippen LogP contribution in [0, 0.1) is 22.2 Å². The van der Waals surface area contributed by atoms with Gasteiger partial charge in [0.2, 0.25) is 0 Å². The van der Waals surface area contributed by atoms with Gasteiger partial charge in [0, 0.05) is 5.41 Å². The fourth-order valence-corrected chi connectivity index (χ4v) is 5.44. The van der Waals surface area contributed by atoms with Gasteiger partial charge < -0.3 is 10.2 Å². The summed E-state index contributed by atoms with van der Waals surface area (Å²) in [5, 5.41) is 21.5. The summed E-state index contributed by atoms with van der Waals surface area (Å²) in [6.45, 7) is 7.84. The molecule has 0 heterocycles. The van der Waals surface area contributed by atoms with Gasteiger partial charge in [-0.25, -0.2) is 0 Å². The Hall–Kier alpha value is -0.670. The molecule has 0 aliphatic heterocycles. The largest absolute Gasteiger partial charge is 0.388 e. The van der Waals surface area contributed by atoms with Crippen molar-refractivity contribution in [3.8, 4) is 0 Å². The van der Waals surface area contributed by atoms with E-state index in [1.54, 1.807) is 6.92 Å². The normalized spacial score (nSPS) is 52.2. The monoisotopic (exact) mass is 262 g/mol. The summed E-state index contributed by atoms with van der Waals surface area (Å²) < 4.78 is 0. The molecule has 0 saturated heterocycles. The van der Waals surface area contributed by atoms with Crippen molar-refractivity contribution >= 4 is 5.78 Å². The van der Waals surface area contributed by atoms with E-state index in [4.69, 9.17) is 0 Å². The number of rotatable bonds is 0. The lowest BCUT2D eigenvalue weighted by Crippen LogP contribution is -2.54. The SMILES string of the molecule is CC1=C2[C@@H](O)C(C)(C)[C@@H]3C[C@]23C(=O)C(C)(O)C12CC2. The first-order valence-electron chi connectivity index (χ1n) is 7.31. The van der Waals surface area contributed by atoms with Crippen molar-refractivity contribution in [2.24, 2.45) is 22.2 Å². The van der Waals surface area contributed by atoms with Gasteiger partial charge in [0.15, 0.2) is 5.78 Å². The summed E-state index contributed by atoms with van der Waals surface area (Å²) in [5.74, 6) is 0.183. The Morgan fingerprint density at radius 1 is 1.21 bits per heavy atom. The van der Waals surface area contributed by atoms with Crippen LogP contribution >= 0.6 is 0 Å². The first-order valence-corrected chi connectivity index (χ1v) is 7.31. The second-order valence-electron chi connectivity index (χ2n) is 7.97. The van der Waals surface area contributed by atoms with E-state index in [2.05, 4.69) is 13.8 Å². The molecule has 1 unspecified atom stereocenters. The Morgan fingerprint density at radius 3 is 2.32 bits per heavy atom. The van der Waals surface area contributed by atoms with E-state index in [-0.39, 0.29) is 22.5 Å². The maximum atomic E-state index is 12.9. The highest BCUT2D eigenvalue weighted by Crippen LogP contribution is 2.80. The number of Topliss-reactive ketones (excluding diaryl/α,β-unsaturated/α-hetero) is 1. The van der Waals surface area contributed by atoms with Gasteiger partial charge in [0.05, 0.1) is 11.5 Å². The van der Waals surface area contributed by atoms with Crippen LogP contribution in [0.4, 0.5) is 0 Å². The van der Waals surface area contributed by atoms with Crippen LogP contribution in [0.15, 0.2) is 11.1 Å². The zero-order valence-electron chi connectivity index (χ0n) is 12.1. The molecule has 0 bridgehead atoms. The van der Waals surface area contributed by atoms with Crippen molar-refractivity contribution in [2.75, 3.05) is 0 Å². The lowest BCUT2D eigenvalue weighted by Gasteiger charge is -2.43. The number of hydrogen-bond acceptors (Lipinski definition) is 3. The van der Waals surface area contributed by atoms with Crippen LogP contribution in [0.2, 0.25) is 0 Å². The minimum atomic E-state index is -1.24. The molecule has 2 spiro atoms. The van der Waals surface area contributed by atoms with Crippen LogP contribution in [-0.4, -0.2) is 27.7 Å². The number of carbonyl (C=O) groups excluding carboxylic acids is 1. The molecule has 0 amide bonds. The van der Waals surface area contributed by atoms with Crippen LogP contribution in [0.5, 0.6) is 0 Å². The molecule has 0 aromatic carbocycles. The molecule has 0 radical (unpaired) electrons. The molecule has 19 heavy (non-hydrogen) atoms. The van der Waals surface area contributed by atoms with Crippen LogP contribution in [-0.2, 0) is 4.79 Å². The average Bonchev–Trinajstić information content (AvgIpc) is 3.18. The third kappa shape index (κ3) is 0.926. The van der Waals surface area contributed by atoms with Crippen molar-refractivity contribution in [3.05, 3.63) is 11.1 Å². The molecule has 104 valence electrons. The van der Waals surface area contributed by atoms with Crippen LogP contribution in [0.25, 0.3) is 0 Å². The van der Waals surface area contributed by atoms with Crippen molar-refractivity contribution in [2.45, 2.75) is 58.7 Å². The minimum absolute atomic E-state index is 0.0206. The van der Waals surface area contributed by atoms with Gasteiger partial charge in [-0.3, -0.25) is 4.79 Å². The maximum absolute atomic E-state index is 12.9. The molecular formula is C16H22O3. The van der Waals surface area contributed by atoms with Gasteiger partial charge >= 0.3 is 0 Å². The highest BCUT2D eigenvalue weighted by molar-refractivity contribution is 6.02. The van der Waals surface area contributed by atoms with E-state index in [9.17, 15) is 15.0 Å². The van der Waals surface area contributed by atoms with E-state index in [0.29, 0.717) is 0 Å². The fraction of sp³-hybridized carbons (Fsp3) is 0.812. The molecule has 0 aromatic heterocycles. The van der Waals surface area contributed by atoms with Gasteiger partial charge in [0.1, 0.15) is 5.60 Å². The summed E-state index contributed by atoms with van der Waals surface area (Å²) in [6, 6.07) is 0. The lowest BCUT2D eigenvalue weighted by atomic mass is 9.63. The fourth-order valence-electron chi connectivity index (χ4n) is 5.44. The highest BCUT2D eigenvalue weighted by atomic mass is 16.3. The second kappa shape index (κ2) is 2.71. The number of ketones is 1. The van der Waals surface area contributed by atoms with Crippen molar-refractivity contribution in [1.29, 1.82) is 0 Å². The smallest absolute Gasteiger partial charge is 0.175 e. The second-order valence-corrected chi connectivity index (χ2v) is 7.97. The summed E-state index contributed by atoms with van der Waals surface area (Å²) in [4.78, 5) is 12.9. The zero-order valence-corrected chi connectivity index (χ0v) is 12.1. The van der Waals surface area contributed by atoms with Crippen molar-refractivity contribution < 1.29 is 15.0 Å². The lowest BCUT2D eigenvalue weighted by molar-refractivity contribution is -0.148. The molecule has 4 atom stereocenters. The molecule has 2 N–H and O–H groups in total. The minimum Gasteiger partial charge on any atom is -0.388 e. The van der Waals surface area contributed by atoms with Crippen molar-refractivity contribution in [3.63, 3.8) is 0 Å². The summed E-state index contributed by atoms with van der Waals surface area (Å²) in [7, 11) is 0. The van der Waals surface area contributed by atoms with E-state index in [0.717, 1.165) is 30.4 Å². The van der Waals surface area contributed by atoms with E-state index < -0.39 is 17.1 Å². The van der Waals surface area contributed by atoms with E-state index in [1.165, 1.54) is 0 Å². The standard InChI is InChI=1S/C16H22O3/c1-8-10-11(17)13(2,3)9-7-16(9,10)12(18)14(4,19)15(8)5-6-15/h9,11,17,19H,5-7H2,1-4H3/t9-,11+,14?,16+/m0/s1. The number of aliphatic hydroxyl groups excluding tert-OH is 1. The molecule has 3 nitrogen and oxygen atoms in total. The van der Waals surface area contributed by atoms with Crippen molar-refractivity contribution in [1.82, 2.24) is 0 Å². The predicted molar refractivity (Wildman–Crippen MR) is 70.3 cm³/mol. The molecule has 4 rings (SSSR count). The van der Waals surface area contributed by atoms with E-state index >= 15 is 0 Å². The summed E-state index contributed by atoms with van der Waals surface area (Å²) in [5.41, 5.74) is -0.323. The quantitative estimate of drug-likeness (QED) is 0.655. The molecule has 4 aliphatic rings. The molecule has 3 heteroatoms. The van der Waals surface area contributed by atoms with Crippen LogP contribution in [0.3, 0.4) is 0 Å². The van der Waals surface area contributed by atoms with Crippen LogP contribution in [0.1, 0.15) is 47.0 Å². The Kier molecular flexibility index (Phi) is 1.72. The molecule has 0 aromatic rings.